The highest BCUT2D eigenvalue weighted by atomic mass is 19.1. The summed E-state index contributed by atoms with van der Waals surface area (Å²) in [5.74, 6) is 0.0311. The molecule has 28 heavy (non-hydrogen) atoms. The highest BCUT2D eigenvalue weighted by Crippen LogP contribution is 2.13. The Morgan fingerprint density at radius 2 is 2.00 bits per heavy atom. The van der Waals surface area contributed by atoms with Crippen LogP contribution in [-0.2, 0) is 17.9 Å². The van der Waals surface area contributed by atoms with Gasteiger partial charge in [0.2, 0.25) is 11.7 Å². The fourth-order valence-electron chi connectivity index (χ4n) is 2.75. The van der Waals surface area contributed by atoms with Crippen LogP contribution < -0.4 is 5.32 Å². The van der Waals surface area contributed by atoms with Gasteiger partial charge in [0.25, 0.3) is 0 Å². The summed E-state index contributed by atoms with van der Waals surface area (Å²) < 4.78 is 14.7. The van der Waals surface area contributed by atoms with Crippen LogP contribution in [0.2, 0.25) is 0 Å². The Morgan fingerprint density at radius 3 is 2.86 bits per heavy atom. The number of nitrogens with zero attached hydrogens (tertiary/aromatic N) is 7. The van der Waals surface area contributed by atoms with E-state index in [-0.39, 0.29) is 11.7 Å². The van der Waals surface area contributed by atoms with Crippen LogP contribution in [0, 0.1) is 5.82 Å². The number of halogens is 1. The van der Waals surface area contributed by atoms with E-state index >= 15 is 0 Å². The van der Waals surface area contributed by atoms with E-state index in [1.54, 1.807) is 16.6 Å². The number of nitrogens with one attached hydrogen (secondary N) is 1. The molecule has 3 heterocycles. The minimum Gasteiger partial charge on any atom is -0.350 e. The van der Waals surface area contributed by atoms with Crippen molar-refractivity contribution in [2.75, 3.05) is 0 Å². The van der Waals surface area contributed by atoms with Gasteiger partial charge >= 0.3 is 0 Å². The van der Waals surface area contributed by atoms with Crippen LogP contribution in [0.25, 0.3) is 17.0 Å². The first-order valence-corrected chi connectivity index (χ1v) is 8.77. The minimum absolute atomic E-state index is 0.0732. The van der Waals surface area contributed by atoms with Gasteiger partial charge in [-0.15, -0.1) is 10.2 Å². The molecule has 0 spiro atoms. The summed E-state index contributed by atoms with van der Waals surface area (Å²) in [7, 11) is 0. The van der Waals surface area contributed by atoms with Crippen molar-refractivity contribution in [2.24, 2.45) is 0 Å². The molecular weight excluding hydrogens is 363 g/mol. The number of carbonyl (C=O) groups excluding carboxylic acids is 1. The summed E-state index contributed by atoms with van der Waals surface area (Å²) in [5, 5.41) is 19.2. The minimum atomic E-state index is -0.317. The fourth-order valence-corrected chi connectivity index (χ4v) is 2.75. The van der Waals surface area contributed by atoms with Crippen molar-refractivity contribution in [2.45, 2.75) is 25.9 Å². The molecule has 1 amide bonds. The van der Waals surface area contributed by atoms with Crippen molar-refractivity contribution < 1.29 is 9.18 Å². The van der Waals surface area contributed by atoms with E-state index in [0.29, 0.717) is 37.3 Å². The van der Waals surface area contributed by atoms with Crippen molar-refractivity contribution in [3.63, 3.8) is 0 Å². The molecule has 0 aliphatic rings. The number of hydrogen-bond acceptors (Lipinski definition) is 6. The second-order valence-corrected chi connectivity index (χ2v) is 6.14. The number of benzene rings is 1. The molecule has 0 saturated carbocycles. The summed E-state index contributed by atoms with van der Waals surface area (Å²) in [6.07, 6.45) is 2.38. The fraction of sp³-hybridized carbons (Fsp3) is 0.222. The SMILES string of the molecule is O=C(CCCn1nnc(-c2ccc(F)cc2)n1)NCc1cccc2ncnn12. The predicted molar refractivity (Wildman–Crippen MR) is 97.3 cm³/mol. The second-order valence-electron chi connectivity index (χ2n) is 6.14. The molecule has 0 aliphatic carbocycles. The largest absolute Gasteiger partial charge is 0.350 e. The maximum absolute atomic E-state index is 13.0. The van der Waals surface area contributed by atoms with Crippen LogP contribution in [0.3, 0.4) is 0 Å². The molecule has 1 N–H and O–H groups in total. The number of fused-ring (bicyclic) bond motifs is 1. The molecule has 4 rings (SSSR count). The van der Waals surface area contributed by atoms with Crippen molar-refractivity contribution in [1.29, 1.82) is 0 Å². The lowest BCUT2D eigenvalue weighted by atomic mass is 10.2. The zero-order valence-electron chi connectivity index (χ0n) is 14.9. The van der Waals surface area contributed by atoms with Crippen molar-refractivity contribution >= 4 is 11.6 Å². The lowest BCUT2D eigenvalue weighted by Crippen LogP contribution is -2.24. The Morgan fingerprint density at radius 1 is 1.14 bits per heavy atom. The molecule has 0 saturated heterocycles. The number of hydrogen-bond donors (Lipinski definition) is 1. The lowest BCUT2D eigenvalue weighted by molar-refractivity contribution is -0.121. The predicted octanol–water partition coefficient (Wildman–Crippen LogP) is 1.62. The zero-order valence-corrected chi connectivity index (χ0v) is 14.9. The van der Waals surface area contributed by atoms with E-state index in [1.807, 2.05) is 18.2 Å². The van der Waals surface area contributed by atoms with Gasteiger partial charge in [0, 0.05) is 12.0 Å². The standard InChI is InChI=1S/C18H17FN8O/c19-14-8-6-13(7-9-14)18-23-25-26(24-18)10-2-5-17(28)20-11-15-3-1-4-16-21-12-22-27(15)16/h1,3-4,6-9,12H,2,5,10-11H2,(H,20,28). The normalized spacial score (nSPS) is 11.0. The first kappa shape index (κ1) is 17.7. The third kappa shape index (κ3) is 4.00. The molecule has 0 bridgehead atoms. The third-order valence-corrected chi connectivity index (χ3v) is 4.16. The van der Waals surface area contributed by atoms with Gasteiger partial charge in [0.1, 0.15) is 12.1 Å². The van der Waals surface area contributed by atoms with Gasteiger partial charge < -0.3 is 5.32 Å². The molecule has 3 aromatic heterocycles. The van der Waals surface area contributed by atoms with Crippen LogP contribution in [0.1, 0.15) is 18.5 Å². The molecule has 0 unspecified atom stereocenters. The first-order chi connectivity index (χ1) is 13.7. The average molecular weight is 380 g/mol. The molecule has 0 aliphatic heterocycles. The lowest BCUT2D eigenvalue weighted by Gasteiger charge is -2.06. The van der Waals surface area contributed by atoms with Crippen LogP contribution in [0.4, 0.5) is 4.39 Å². The van der Waals surface area contributed by atoms with Crippen LogP contribution in [0.5, 0.6) is 0 Å². The molecule has 1 aromatic carbocycles. The quantitative estimate of drug-likeness (QED) is 0.523. The van der Waals surface area contributed by atoms with E-state index in [2.05, 4.69) is 30.8 Å². The average Bonchev–Trinajstić information content (AvgIpc) is 3.36. The van der Waals surface area contributed by atoms with Gasteiger partial charge in [0.15, 0.2) is 5.65 Å². The summed E-state index contributed by atoms with van der Waals surface area (Å²) in [6, 6.07) is 11.5. The van der Waals surface area contributed by atoms with Gasteiger partial charge in [-0.25, -0.2) is 13.9 Å². The number of aromatic nitrogens is 7. The Kier molecular flexibility index (Phi) is 5.00. The van der Waals surface area contributed by atoms with Crippen LogP contribution in [0.15, 0.2) is 48.8 Å². The number of pyridine rings is 1. The maximum atomic E-state index is 13.0. The molecule has 142 valence electrons. The van der Waals surface area contributed by atoms with Gasteiger partial charge in [0.05, 0.1) is 18.8 Å². The molecule has 0 atom stereocenters. The Balaban J connectivity index is 1.25. The van der Waals surface area contributed by atoms with E-state index in [1.165, 1.54) is 23.3 Å². The summed E-state index contributed by atoms with van der Waals surface area (Å²) in [6.45, 7) is 0.829. The van der Waals surface area contributed by atoms with Crippen LogP contribution in [-0.4, -0.2) is 40.7 Å². The Hall–Kier alpha value is -3.69. The monoisotopic (exact) mass is 380 g/mol. The highest BCUT2D eigenvalue weighted by molar-refractivity contribution is 5.75. The Labute approximate surface area is 159 Å². The topological polar surface area (TPSA) is 103 Å². The van der Waals surface area contributed by atoms with Gasteiger partial charge in [-0.2, -0.15) is 9.90 Å². The number of amides is 1. The molecule has 9 nitrogen and oxygen atoms in total. The zero-order chi connectivity index (χ0) is 19.3. The van der Waals surface area contributed by atoms with Crippen molar-refractivity contribution in [3.8, 4) is 11.4 Å². The maximum Gasteiger partial charge on any atom is 0.220 e. The van der Waals surface area contributed by atoms with Crippen molar-refractivity contribution in [3.05, 3.63) is 60.3 Å². The molecule has 10 heteroatoms. The second kappa shape index (κ2) is 7.91. The van der Waals surface area contributed by atoms with Crippen LogP contribution >= 0.6 is 0 Å². The summed E-state index contributed by atoms with van der Waals surface area (Å²) in [4.78, 5) is 17.6. The number of carbonyl (C=O) groups is 1. The first-order valence-electron chi connectivity index (χ1n) is 8.77. The summed E-state index contributed by atoms with van der Waals surface area (Å²) in [5.41, 5.74) is 2.28. The van der Waals surface area contributed by atoms with Gasteiger partial charge in [-0.3, -0.25) is 4.79 Å². The number of aryl methyl sites for hydroxylation is 1. The molecule has 0 fully saturated rings. The smallest absolute Gasteiger partial charge is 0.220 e. The van der Waals surface area contributed by atoms with E-state index in [9.17, 15) is 9.18 Å². The molecule has 4 aromatic rings. The van der Waals surface area contributed by atoms with E-state index in [4.69, 9.17) is 0 Å². The van der Waals surface area contributed by atoms with E-state index < -0.39 is 0 Å². The summed E-state index contributed by atoms with van der Waals surface area (Å²) >= 11 is 0. The van der Waals surface area contributed by atoms with Gasteiger partial charge in [-0.05, 0) is 48.0 Å². The highest BCUT2D eigenvalue weighted by Gasteiger charge is 2.08. The van der Waals surface area contributed by atoms with Gasteiger partial charge in [-0.1, -0.05) is 6.07 Å². The number of tetrazole rings is 1. The van der Waals surface area contributed by atoms with Crippen molar-refractivity contribution in [1.82, 2.24) is 40.1 Å². The number of rotatable bonds is 7. The van der Waals surface area contributed by atoms with E-state index in [0.717, 1.165) is 11.3 Å². The molecular formula is C18H17FN8O. The Bertz CT molecular complexity index is 1090. The third-order valence-electron chi connectivity index (χ3n) is 4.16. The molecule has 0 radical (unpaired) electrons.